The minimum Gasteiger partial charge on any atom is -0.336 e. The molecule has 0 spiro atoms. The fourth-order valence-corrected chi connectivity index (χ4v) is 4.67. The number of piperazine rings is 1. The molecule has 2 aromatic rings. The fraction of sp³-hybridized carbons (Fsp3) is 0.294. The molecule has 0 radical (unpaired) electrons. The summed E-state index contributed by atoms with van der Waals surface area (Å²) < 4.78 is 27.5. The molecule has 1 saturated heterocycles. The van der Waals surface area contributed by atoms with E-state index < -0.39 is 10.0 Å². The first kappa shape index (κ1) is 19.3. The van der Waals surface area contributed by atoms with E-state index in [1.807, 2.05) is 6.92 Å². The van der Waals surface area contributed by atoms with Gasteiger partial charge in [0, 0.05) is 36.8 Å². The van der Waals surface area contributed by atoms with Gasteiger partial charge in [0.1, 0.15) is 5.15 Å². The SMILES string of the molecule is Cc1ccc(S(=O)(=O)N2CCN(C(=O)c3cc(Br)cnc3Cl)CC2)cc1. The maximum atomic E-state index is 12.7. The number of hydrogen-bond donors (Lipinski definition) is 0. The quantitative estimate of drug-likeness (QED) is 0.663. The van der Waals surface area contributed by atoms with Crippen LogP contribution in [0.3, 0.4) is 0 Å². The predicted molar refractivity (Wildman–Crippen MR) is 103 cm³/mol. The molecule has 6 nitrogen and oxygen atoms in total. The predicted octanol–water partition coefficient (Wildman–Crippen LogP) is 2.95. The second-order valence-electron chi connectivity index (χ2n) is 6.00. The molecule has 138 valence electrons. The van der Waals surface area contributed by atoms with Crippen molar-refractivity contribution < 1.29 is 13.2 Å². The van der Waals surface area contributed by atoms with Gasteiger partial charge in [-0.3, -0.25) is 4.79 Å². The number of nitrogens with zero attached hydrogens (tertiary/aromatic N) is 3. The smallest absolute Gasteiger partial charge is 0.257 e. The van der Waals surface area contributed by atoms with Crippen LogP contribution in [0.5, 0.6) is 0 Å². The summed E-state index contributed by atoms with van der Waals surface area (Å²) in [6, 6.07) is 8.38. The highest BCUT2D eigenvalue weighted by atomic mass is 79.9. The number of aryl methyl sites for hydroxylation is 1. The van der Waals surface area contributed by atoms with Gasteiger partial charge in [0.25, 0.3) is 5.91 Å². The molecule has 1 aromatic heterocycles. The average Bonchev–Trinajstić information content (AvgIpc) is 2.63. The molecule has 1 amide bonds. The summed E-state index contributed by atoms with van der Waals surface area (Å²) >= 11 is 9.29. The minimum absolute atomic E-state index is 0.132. The van der Waals surface area contributed by atoms with E-state index >= 15 is 0 Å². The van der Waals surface area contributed by atoms with Gasteiger partial charge >= 0.3 is 0 Å². The van der Waals surface area contributed by atoms with Gasteiger partial charge in [0.2, 0.25) is 10.0 Å². The highest BCUT2D eigenvalue weighted by Gasteiger charge is 2.31. The van der Waals surface area contributed by atoms with Crippen LogP contribution in [0.1, 0.15) is 15.9 Å². The highest BCUT2D eigenvalue weighted by molar-refractivity contribution is 9.10. The average molecular weight is 459 g/mol. The third kappa shape index (κ3) is 3.93. The van der Waals surface area contributed by atoms with Gasteiger partial charge in [0.05, 0.1) is 10.5 Å². The van der Waals surface area contributed by atoms with Crippen molar-refractivity contribution in [2.45, 2.75) is 11.8 Å². The summed E-state index contributed by atoms with van der Waals surface area (Å²) in [5.74, 6) is -0.254. The third-order valence-corrected chi connectivity index (χ3v) is 6.87. The van der Waals surface area contributed by atoms with E-state index in [1.54, 1.807) is 35.2 Å². The first-order chi connectivity index (χ1) is 12.3. The summed E-state index contributed by atoms with van der Waals surface area (Å²) in [4.78, 5) is 18.5. The van der Waals surface area contributed by atoms with Gasteiger partial charge in [-0.2, -0.15) is 4.31 Å². The second kappa shape index (κ2) is 7.64. The van der Waals surface area contributed by atoms with Crippen LogP contribution in [0.4, 0.5) is 0 Å². The molecule has 0 aliphatic carbocycles. The normalized spacial score (nSPS) is 15.9. The van der Waals surface area contributed by atoms with Gasteiger partial charge in [-0.15, -0.1) is 0 Å². The van der Waals surface area contributed by atoms with Crippen LogP contribution in [0, 0.1) is 6.92 Å². The lowest BCUT2D eigenvalue weighted by Gasteiger charge is -2.34. The van der Waals surface area contributed by atoms with Crippen molar-refractivity contribution in [3.8, 4) is 0 Å². The fourth-order valence-electron chi connectivity index (χ4n) is 2.73. The number of halogens is 2. The lowest BCUT2D eigenvalue weighted by atomic mass is 10.2. The topological polar surface area (TPSA) is 70.6 Å². The third-order valence-electron chi connectivity index (χ3n) is 4.22. The molecule has 3 rings (SSSR count). The summed E-state index contributed by atoms with van der Waals surface area (Å²) in [6.45, 7) is 2.98. The standard InChI is InChI=1S/C17H17BrClN3O3S/c1-12-2-4-14(5-3-12)26(24,25)22-8-6-21(7-9-22)17(23)15-10-13(18)11-20-16(15)19/h2-5,10-11H,6-9H2,1H3. The molecule has 1 aliphatic rings. The van der Waals surface area contributed by atoms with E-state index in [9.17, 15) is 13.2 Å². The zero-order valence-electron chi connectivity index (χ0n) is 14.0. The summed E-state index contributed by atoms with van der Waals surface area (Å²) in [6.07, 6.45) is 1.52. The van der Waals surface area contributed by atoms with Gasteiger partial charge in [-0.1, -0.05) is 29.3 Å². The Morgan fingerprint density at radius 3 is 2.38 bits per heavy atom. The molecule has 26 heavy (non-hydrogen) atoms. The van der Waals surface area contributed by atoms with Crippen LogP contribution in [0.15, 0.2) is 45.9 Å². The second-order valence-corrected chi connectivity index (χ2v) is 9.21. The van der Waals surface area contributed by atoms with Crippen molar-refractivity contribution in [2.75, 3.05) is 26.2 Å². The number of amides is 1. The van der Waals surface area contributed by atoms with Gasteiger partial charge in [-0.25, -0.2) is 13.4 Å². The lowest BCUT2D eigenvalue weighted by Crippen LogP contribution is -2.50. The van der Waals surface area contributed by atoms with E-state index in [2.05, 4.69) is 20.9 Å². The van der Waals surface area contributed by atoms with Crippen molar-refractivity contribution in [1.29, 1.82) is 0 Å². The van der Waals surface area contributed by atoms with E-state index in [-0.39, 0.29) is 29.0 Å². The maximum Gasteiger partial charge on any atom is 0.257 e. The Morgan fingerprint density at radius 2 is 1.77 bits per heavy atom. The molecule has 9 heteroatoms. The molecule has 1 fully saturated rings. The number of benzene rings is 1. The van der Waals surface area contributed by atoms with Gasteiger partial charge in [-0.05, 0) is 41.1 Å². The molecule has 0 N–H and O–H groups in total. The number of rotatable bonds is 3. The Balaban J connectivity index is 1.71. The highest BCUT2D eigenvalue weighted by Crippen LogP contribution is 2.22. The van der Waals surface area contributed by atoms with E-state index in [0.717, 1.165) is 5.56 Å². The van der Waals surface area contributed by atoms with Crippen molar-refractivity contribution in [3.05, 3.63) is 57.3 Å². The van der Waals surface area contributed by atoms with Crippen molar-refractivity contribution in [1.82, 2.24) is 14.2 Å². The molecule has 1 aromatic carbocycles. The molecule has 0 saturated carbocycles. The summed E-state index contributed by atoms with van der Waals surface area (Å²) in [5.41, 5.74) is 1.30. The van der Waals surface area contributed by atoms with E-state index in [0.29, 0.717) is 23.1 Å². The Labute approximate surface area is 166 Å². The van der Waals surface area contributed by atoms with Gasteiger partial charge < -0.3 is 4.90 Å². The zero-order chi connectivity index (χ0) is 18.9. The number of aromatic nitrogens is 1. The van der Waals surface area contributed by atoms with Crippen LogP contribution < -0.4 is 0 Å². The molecular weight excluding hydrogens is 442 g/mol. The largest absolute Gasteiger partial charge is 0.336 e. The van der Waals surface area contributed by atoms with Crippen LogP contribution in [0.25, 0.3) is 0 Å². The first-order valence-electron chi connectivity index (χ1n) is 7.96. The van der Waals surface area contributed by atoms with E-state index in [4.69, 9.17) is 11.6 Å². The minimum atomic E-state index is -3.56. The van der Waals surface area contributed by atoms with E-state index in [1.165, 1.54) is 10.5 Å². The molecule has 0 unspecified atom stereocenters. The van der Waals surface area contributed by atoms with Crippen LogP contribution in [-0.4, -0.2) is 54.7 Å². The molecular formula is C17H17BrClN3O3S. The summed E-state index contributed by atoms with van der Waals surface area (Å²) in [7, 11) is -3.56. The molecule has 0 atom stereocenters. The number of sulfonamides is 1. The number of pyridine rings is 1. The summed E-state index contributed by atoms with van der Waals surface area (Å²) in [5, 5.41) is 0.132. The van der Waals surface area contributed by atoms with Gasteiger partial charge in [0.15, 0.2) is 0 Å². The monoisotopic (exact) mass is 457 g/mol. The van der Waals surface area contributed by atoms with Crippen molar-refractivity contribution in [3.63, 3.8) is 0 Å². The zero-order valence-corrected chi connectivity index (χ0v) is 17.2. The Bertz CT molecular complexity index is 927. The maximum absolute atomic E-state index is 12.7. The van der Waals surface area contributed by atoms with Crippen LogP contribution in [-0.2, 0) is 10.0 Å². The first-order valence-corrected chi connectivity index (χ1v) is 10.6. The Morgan fingerprint density at radius 1 is 1.15 bits per heavy atom. The van der Waals surface area contributed by atoms with Crippen LogP contribution in [0.2, 0.25) is 5.15 Å². The van der Waals surface area contributed by atoms with Crippen molar-refractivity contribution >= 4 is 43.5 Å². The lowest BCUT2D eigenvalue weighted by molar-refractivity contribution is 0.0697. The number of carbonyl (C=O) groups is 1. The number of hydrogen-bond acceptors (Lipinski definition) is 4. The van der Waals surface area contributed by atoms with Crippen molar-refractivity contribution in [2.24, 2.45) is 0 Å². The molecule has 1 aliphatic heterocycles. The molecule has 2 heterocycles. The molecule has 0 bridgehead atoms. The van der Waals surface area contributed by atoms with Crippen LogP contribution >= 0.6 is 27.5 Å². The number of carbonyl (C=O) groups excluding carboxylic acids is 1. The Kier molecular flexibility index (Phi) is 5.67. The Hall–Kier alpha value is -1.48.